The number of nitrogens with one attached hydrogen (secondary N) is 1. The van der Waals surface area contributed by atoms with Crippen molar-refractivity contribution in [1.82, 2.24) is 5.34 Å². The third-order valence-electron chi connectivity index (χ3n) is 2.45. The maximum atomic E-state index is 11.9. The van der Waals surface area contributed by atoms with Crippen LogP contribution in [-0.4, -0.2) is 32.4 Å². The zero-order valence-electron chi connectivity index (χ0n) is 9.41. The van der Waals surface area contributed by atoms with E-state index in [1.54, 1.807) is 14.1 Å². The van der Waals surface area contributed by atoms with Crippen molar-refractivity contribution in [2.45, 2.75) is 4.90 Å². The lowest BCUT2D eigenvalue weighted by Gasteiger charge is -2.11. The number of Topliss-reactive ketones (excluding diaryl/α,β-unsaturated/α-hetero) is 1. The highest BCUT2D eigenvalue weighted by molar-refractivity contribution is 7.85. The third kappa shape index (κ3) is 2.20. The molecule has 92 valence electrons. The summed E-state index contributed by atoms with van der Waals surface area (Å²) in [5, 5.41) is 6.31. The summed E-state index contributed by atoms with van der Waals surface area (Å²) in [6.45, 7) is 0. The van der Waals surface area contributed by atoms with E-state index in [9.17, 15) is 13.2 Å². The second-order valence-electron chi connectivity index (χ2n) is 3.61. The molecular formula is C10H9BN2O4S. The average molecular weight is 264 g/mol. The molecule has 0 unspecified atom stereocenters. The summed E-state index contributed by atoms with van der Waals surface area (Å²) in [6, 6.07) is 3.78. The molecule has 2 rings (SSSR count). The van der Waals surface area contributed by atoms with Crippen molar-refractivity contribution in [2.75, 3.05) is 0 Å². The minimum atomic E-state index is -4.27. The summed E-state index contributed by atoms with van der Waals surface area (Å²) in [4.78, 5) is 11.7. The quantitative estimate of drug-likeness (QED) is 0.432. The van der Waals surface area contributed by atoms with Crippen molar-refractivity contribution in [3.8, 4) is 0 Å². The van der Waals surface area contributed by atoms with Gasteiger partial charge in [0, 0.05) is 5.56 Å². The Bertz CT molecular complexity index is 679. The van der Waals surface area contributed by atoms with Crippen LogP contribution in [0, 0.1) is 0 Å². The van der Waals surface area contributed by atoms with Crippen LogP contribution >= 0.6 is 0 Å². The summed E-state index contributed by atoms with van der Waals surface area (Å²) in [5.41, 5.74) is 1.02. The number of hydrazone groups is 1. The monoisotopic (exact) mass is 264 g/mol. The van der Waals surface area contributed by atoms with Gasteiger partial charge in [-0.25, -0.2) is 0 Å². The zero-order valence-corrected chi connectivity index (χ0v) is 10.2. The first kappa shape index (κ1) is 12.5. The summed E-state index contributed by atoms with van der Waals surface area (Å²) in [7, 11) is -2.69. The Hall–Kier alpha value is -1.93. The maximum absolute atomic E-state index is 11.9. The highest BCUT2D eigenvalue weighted by Gasteiger charge is 2.21. The summed E-state index contributed by atoms with van der Waals surface area (Å²) < 4.78 is 30.9. The Morgan fingerprint density at radius 3 is 2.61 bits per heavy atom. The second kappa shape index (κ2) is 4.39. The minimum absolute atomic E-state index is 0.240. The van der Waals surface area contributed by atoms with Crippen molar-refractivity contribution in [3.63, 3.8) is 0 Å². The molecule has 0 aliphatic heterocycles. The first-order valence-corrected chi connectivity index (χ1v) is 6.46. The van der Waals surface area contributed by atoms with E-state index in [2.05, 4.69) is 10.4 Å². The van der Waals surface area contributed by atoms with Crippen molar-refractivity contribution in [3.05, 3.63) is 35.4 Å². The van der Waals surface area contributed by atoms with E-state index in [0.717, 1.165) is 0 Å². The van der Waals surface area contributed by atoms with Gasteiger partial charge in [-0.05, 0) is 29.8 Å². The SMILES string of the molecule is BN/N=C1/C=Cc2cc(S(=O)(=O)O)ccc2C1=O. The molecule has 0 saturated carbocycles. The van der Waals surface area contributed by atoms with Crippen LogP contribution in [0.4, 0.5) is 0 Å². The highest BCUT2D eigenvalue weighted by Crippen LogP contribution is 2.21. The lowest BCUT2D eigenvalue weighted by molar-refractivity contribution is 0.106. The number of rotatable bonds is 2. The fourth-order valence-corrected chi connectivity index (χ4v) is 2.15. The third-order valence-corrected chi connectivity index (χ3v) is 3.30. The molecule has 0 atom stereocenters. The molecule has 1 aliphatic rings. The molecule has 1 aliphatic carbocycles. The fourth-order valence-electron chi connectivity index (χ4n) is 1.64. The highest BCUT2D eigenvalue weighted by atomic mass is 32.2. The van der Waals surface area contributed by atoms with E-state index in [1.165, 1.54) is 24.3 Å². The van der Waals surface area contributed by atoms with Gasteiger partial charge in [-0.2, -0.15) is 13.5 Å². The molecule has 0 fully saturated rings. The molecule has 0 saturated heterocycles. The Labute approximate surface area is 105 Å². The molecule has 6 nitrogen and oxygen atoms in total. The smallest absolute Gasteiger partial charge is 0.294 e. The number of fused-ring (bicyclic) bond motifs is 1. The van der Waals surface area contributed by atoms with Crippen molar-refractivity contribution >= 4 is 35.7 Å². The summed E-state index contributed by atoms with van der Waals surface area (Å²) >= 11 is 0. The molecule has 8 heteroatoms. The van der Waals surface area contributed by atoms with Gasteiger partial charge in [-0.15, -0.1) is 0 Å². The number of carbonyl (C=O) groups excluding carboxylic acids is 1. The van der Waals surface area contributed by atoms with Crippen LogP contribution in [0.2, 0.25) is 0 Å². The molecule has 0 spiro atoms. The van der Waals surface area contributed by atoms with Crippen LogP contribution in [0.1, 0.15) is 15.9 Å². The van der Waals surface area contributed by atoms with Gasteiger partial charge in [0.25, 0.3) is 10.1 Å². The van der Waals surface area contributed by atoms with E-state index >= 15 is 0 Å². The van der Waals surface area contributed by atoms with E-state index in [0.29, 0.717) is 11.1 Å². The van der Waals surface area contributed by atoms with Gasteiger partial charge in [-0.3, -0.25) is 9.35 Å². The average Bonchev–Trinajstić information content (AvgIpc) is 2.31. The molecule has 1 aromatic carbocycles. The van der Waals surface area contributed by atoms with E-state index in [-0.39, 0.29) is 16.4 Å². The van der Waals surface area contributed by atoms with Gasteiger partial charge in [-0.1, -0.05) is 6.08 Å². The number of hydrogen-bond donors (Lipinski definition) is 2. The Morgan fingerprint density at radius 1 is 1.28 bits per heavy atom. The van der Waals surface area contributed by atoms with Gasteiger partial charge in [0.15, 0.2) is 0 Å². The Morgan fingerprint density at radius 2 is 2.00 bits per heavy atom. The van der Waals surface area contributed by atoms with Crippen LogP contribution in [0.25, 0.3) is 6.08 Å². The van der Waals surface area contributed by atoms with Gasteiger partial charge >= 0.3 is 0 Å². The van der Waals surface area contributed by atoms with E-state index in [1.807, 2.05) is 0 Å². The molecule has 2 N–H and O–H groups in total. The van der Waals surface area contributed by atoms with Gasteiger partial charge in [0.05, 0.1) is 4.90 Å². The first-order valence-electron chi connectivity index (χ1n) is 5.02. The molecule has 0 heterocycles. The van der Waals surface area contributed by atoms with Crippen molar-refractivity contribution in [1.29, 1.82) is 0 Å². The van der Waals surface area contributed by atoms with Gasteiger partial charge < -0.3 is 5.34 Å². The number of nitrogens with zero attached hydrogens (tertiary/aromatic N) is 1. The van der Waals surface area contributed by atoms with Gasteiger partial charge in [0.1, 0.15) is 5.71 Å². The topological polar surface area (TPSA) is 95.8 Å². The molecular weight excluding hydrogens is 255 g/mol. The molecule has 0 amide bonds. The first-order chi connectivity index (χ1) is 8.43. The summed E-state index contributed by atoms with van der Waals surface area (Å²) in [5.74, 6) is -0.302. The predicted molar refractivity (Wildman–Crippen MR) is 68.7 cm³/mol. The normalized spacial score (nSPS) is 16.7. The second-order valence-corrected chi connectivity index (χ2v) is 5.03. The maximum Gasteiger partial charge on any atom is 0.294 e. The summed E-state index contributed by atoms with van der Waals surface area (Å²) in [6.07, 6.45) is 3.05. The fraction of sp³-hybridized carbons (Fsp3) is 0. The van der Waals surface area contributed by atoms with E-state index < -0.39 is 10.1 Å². The lowest BCUT2D eigenvalue weighted by Crippen LogP contribution is -2.20. The molecule has 18 heavy (non-hydrogen) atoms. The largest absolute Gasteiger partial charge is 0.361 e. The number of carbonyl (C=O) groups is 1. The van der Waals surface area contributed by atoms with E-state index in [4.69, 9.17) is 4.55 Å². The zero-order chi connectivity index (χ0) is 13.3. The molecule has 0 aromatic heterocycles. The van der Waals surface area contributed by atoms with Crippen molar-refractivity contribution < 1.29 is 17.8 Å². The van der Waals surface area contributed by atoms with Crippen molar-refractivity contribution in [2.24, 2.45) is 5.10 Å². The van der Waals surface area contributed by atoms with Crippen LogP contribution < -0.4 is 5.34 Å². The van der Waals surface area contributed by atoms with Crippen LogP contribution in [0.5, 0.6) is 0 Å². The van der Waals surface area contributed by atoms with Gasteiger partial charge in [0.2, 0.25) is 13.8 Å². The molecule has 0 radical (unpaired) electrons. The van der Waals surface area contributed by atoms with Crippen LogP contribution in [0.15, 0.2) is 34.3 Å². The predicted octanol–water partition coefficient (Wildman–Crippen LogP) is -0.364. The number of allylic oxidation sites excluding steroid dienone is 1. The Balaban J connectivity index is 2.55. The standard InChI is InChI=1S/C10H9BN2O4S/c11-13-12-9-4-1-6-5-7(18(15,16)17)2-3-8(6)10(9)14/h1-5,13H,11H2,(H,15,16,17)/b12-9-. The molecule has 0 bridgehead atoms. The van der Waals surface area contributed by atoms with Crippen LogP contribution in [0.3, 0.4) is 0 Å². The lowest BCUT2D eigenvalue weighted by atomic mass is 9.95. The number of ketones is 1. The minimum Gasteiger partial charge on any atom is -0.361 e. The Kier molecular flexibility index (Phi) is 3.06. The van der Waals surface area contributed by atoms with Crippen LogP contribution in [-0.2, 0) is 10.1 Å². The molecule has 1 aromatic rings. The number of hydrogen-bond acceptors (Lipinski definition) is 5. The number of benzene rings is 1.